The van der Waals surface area contributed by atoms with Crippen molar-refractivity contribution < 1.29 is 4.74 Å². The van der Waals surface area contributed by atoms with E-state index in [4.69, 9.17) is 4.74 Å². The van der Waals surface area contributed by atoms with Crippen LogP contribution in [0.4, 0.5) is 0 Å². The van der Waals surface area contributed by atoms with Gasteiger partial charge >= 0.3 is 0 Å². The van der Waals surface area contributed by atoms with Gasteiger partial charge < -0.3 is 10.1 Å². The first-order valence-corrected chi connectivity index (χ1v) is 7.53. The molecule has 0 saturated heterocycles. The van der Waals surface area contributed by atoms with E-state index in [1.165, 1.54) is 24.8 Å². The van der Waals surface area contributed by atoms with E-state index in [9.17, 15) is 0 Å². The van der Waals surface area contributed by atoms with Gasteiger partial charge in [0.2, 0.25) is 0 Å². The van der Waals surface area contributed by atoms with Gasteiger partial charge in [0.1, 0.15) is 5.75 Å². The van der Waals surface area contributed by atoms with Gasteiger partial charge in [0.25, 0.3) is 0 Å². The Morgan fingerprint density at radius 2 is 1.89 bits per heavy atom. The largest absolute Gasteiger partial charge is 0.497 e. The molecule has 0 aliphatic carbocycles. The van der Waals surface area contributed by atoms with Crippen LogP contribution in [0.25, 0.3) is 0 Å². The van der Waals surface area contributed by atoms with E-state index in [0.29, 0.717) is 5.41 Å². The van der Waals surface area contributed by atoms with Gasteiger partial charge in [-0.25, -0.2) is 0 Å². The lowest BCUT2D eigenvalue weighted by Crippen LogP contribution is -2.35. The van der Waals surface area contributed by atoms with Crippen LogP contribution in [0.3, 0.4) is 0 Å². The second-order valence-electron chi connectivity index (χ2n) is 5.41. The van der Waals surface area contributed by atoms with Gasteiger partial charge in [-0.2, -0.15) is 0 Å². The highest BCUT2D eigenvalue weighted by atomic mass is 16.5. The lowest BCUT2D eigenvalue weighted by Gasteiger charge is -2.32. The molecule has 19 heavy (non-hydrogen) atoms. The Kier molecular flexibility index (Phi) is 6.93. The zero-order valence-electron chi connectivity index (χ0n) is 13.0. The smallest absolute Gasteiger partial charge is 0.119 e. The number of methoxy groups -OCH3 is 1. The van der Waals surface area contributed by atoms with Crippen molar-refractivity contribution in [2.45, 2.75) is 46.5 Å². The van der Waals surface area contributed by atoms with Crippen LogP contribution in [0.5, 0.6) is 5.75 Å². The Morgan fingerprint density at radius 1 is 1.16 bits per heavy atom. The SMILES string of the molecule is CCCNCC(CC)(CC)Cc1cccc(OC)c1. The number of ether oxygens (including phenoxy) is 1. The molecule has 108 valence electrons. The highest BCUT2D eigenvalue weighted by molar-refractivity contribution is 5.29. The molecular formula is C17H29NO. The van der Waals surface area contributed by atoms with Crippen molar-refractivity contribution in [2.24, 2.45) is 5.41 Å². The van der Waals surface area contributed by atoms with Crippen molar-refractivity contribution in [3.8, 4) is 5.75 Å². The van der Waals surface area contributed by atoms with E-state index in [-0.39, 0.29) is 0 Å². The maximum absolute atomic E-state index is 5.32. The van der Waals surface area contributed by atoms with E-state index in [1.54, 1.807) is 7.11 Å². The first-order chi connectivity index (χ1) is 9.19. The van der Waals surface area contributed by atoms with Gasteiger partial charge in [-0.05, 0) is 55.3 Å². The van der Waals surface area contributed by atoms with Crippen LogP contribution < -0.4 is 10.1 Å². The maximum Gasteiger partial charge on any atom is 0.119 e. The molecule has 0 aliphatic heterocycles. The van der Waals surface area contributed by atoms with Gasteiger partial charge in [0, 0.05) is 6.54 Å². The standard InChI is InChI=1S/C17H29NO/c1-5-11-18-14-17(6-2,7-3)13-15-9-8-10-16(12-15)19-4/h8-10,12,18H,5-7,11,13-14H2,1-4H3. The van der Waals surface area contributed by atoms with Gasteiger partial charge in [-0.3, -0.25) is 0 Å². The summed E-state index contributed by atoms with van der Waals surface area (Å²) >= 11 is 0. The normalized spacial score (nSPS) is 11.6. The van der Waals surface area contributed by atoms with E-state index in [1.807, 2.05) is 6.07 Å². The van der Waals surface area contributed by atoms with Gasteiger partial charge in [-0.1, -0.05) is 32.9 Å². The average molecular weight is 263 g/mol. The molecule has 0 aromatic heterocycles. The zero-order chi connectivity index (χ0) is 14.1. The molecule has 2 heteroatoms. The molecular weight excluding hydrogens is 234 g/mol. The zero-order valence-corrected chi connectivity index (χ0v) is 13.0. The molecule has 0 unspecified atom stereocenters. The topological polar surface area (TPSA) is 21.3 Å². The molecule has 1 aromatic carbocycles. The minimum Gasteiger partial charge on any atom is -0.497 e. The summed E-state index contributed by atoms with van der Waals surface area (Å²) in [6.45, 7) is 9.04. The van der Waals surface area contributed by atoms with Crippen LogP contribution >= 0.6 is 0 Å². The summed E-state index contributed by atoms with van der Waals surface area (Å²) in [6, 6.07) is 8.48. The number of nitrogens with one attached hydrogen (secondary N) is 1. The third-order valence-electron chi connectivity index (χ3n) is 4.14. The van der Waals surface area contributed by atoms with Crippen molar-refractivity contribution in [3.63, 3.8) is 0 Å². The van der Waals surface area contributed by atoms with Crippen molar-refractivity contribution in [1.29, 1.82) is 0 Å². The van der Waals surface area contributed by atoms with E-state index >= 15 is 0 Å². The summed E-state index contributed by atoms with van der Waals surface area (Å²) in [6.07, 6.45) is 4.73. The molecule has 0 atom stereocenters. The van der Waals surface area contributed by atoms with Crippen LogP contribution in [0, 0.1) is 5.41 Å². The highest BCUT2D eigenvalue weighted by Gasteiger charge is 2.26. The van der Waals surface area contributed by atoms with Crippen LogP contribution in [0.1, 0.15) is 45.6 Å². The molecule has 1 aromatic rings. The molecule has 0 bridgehead atoms. The molecule has 0 amide bonds. The Labute approximate surface area is 118 Å². The summed E-state index contributed by atoms with van der Waals surface area (Å²) in [5.41, 5.74) is 1.74. The number of hydrogen-bond acceptors (Lipinski definition) is 2. The summed E-state index contributed by atoms with van der Waals surface area (Å²) < 4.78 is 5.32. The Morgan fingerprint density at radius 3 is 2.47 bits per heavy atom. The Hall–Kier alpha value is -1.02. The fourth-order valence-electron chi connectivity index (χ4n) is 2.56. The molecule has 2 nitrogen and oxygen atoms in total. The first kappa shape index (κ1) is 16.0. The quantitative estimate of drug-likeness (QED) is 0.679. The predicted molar refractivity (Wildman–Crippen MR) is 82.9 cm³/mol. The monoisotopic (exact) mass is 263 g/mol. The minimum atomic E-state index is 0.363. The third-order valence-corrected chi connectivity index (χ3v) is 4.14. The second-order valence-corrected chi connectivity index (χ2v) is 5.41. The lowest BCUT2D eigenvalue weighted by atomic mass is 9.77. The highest BCUT2D eigenvalue weighted by Crippen LogP contribution is 2.31. The average Bonchev–Trinajstić information content (AvgIpc) is 2.46. The van der Waals surface area contributed by atoms with Crippen LogP contribution in [-0.2, 0) is 6.42 Å². The maximum atomic E-state index is 5.32. The summed E-state index contributed by atoms with van der Waals surface area (Å²) in [4.78, 5) is 0. The van der Waals surface area contributed by atoms with Crippen LogP contribution in [-0.4, -0.2) is 20.2 Å². The van der Waals surface area contributed by atoms with Crippen molar-refractivity contribution in [2.75, 3.05) is 20.2 Å². The van der Waals surface area contributed by atoms with Gasteiger partial charge in [0.15, 0.2) is 0 Å². The summed E-state index contributed by atoms with van der Waals surface area (Å²) in [7, 11) is 1.73. The summed E-state index contributed by atoms with van der Waals surface area (Å²) in [5.74, 6) is 0.958. The fourth-order valence-corrected chi connectivity index (χ4v) is 2.56. The molecule has 1 N–H and O–H groups in total. The van der Waals surface area contributed by atoms with Crippen molar-refractivity contribution in [3.05, 3.63) is 29.8 Å². The van der Waals surface area contributed by atoms with Crippen molar-refractivity contribution >= 4 is 0 Å². The van der Waals surface area contributed by atoms with Gasteiger partial charge in [-0.15, -0.1) is 0 Å². The Bertz CT molecular complexity index is 358. The second kappa shape index (κ2) is 8.21. The molecule has 0 radical (unpaired) electrons. The molecule has 1 rings (SSSR count). The number of rotatable bonds is 9. The third kappa shape index (κ3) is 4.87. The molecule has 0 fully saturated rings. The first-order valence-electron chi connectivity index (χ1n) is 7.53. The van der Waals surface area contributed by atoms with E-state index in [2.05, 4.69) is 44.3 Å². The van der Waals surface area contributed by atoms with E-state index < -0.39 is 0 Å². The lowest BCUT2D eigenvalue weighted by molar-refractivity contribution is 0.246. The van der Waals surface area contributed by atoms with Crippen LogP contribution in [0.2, 0.25) is 0 Å². The fraction of sp³-hybridized carbons (Fsp3) is 0.647. The van der Waals surface area contributed by atoms with Crippen molar-refractivity contribution in [1.82, 2.24) is 5.32 Å². The summed E-state index contributed by atoms with van der Waals surface area (Å²) in [5, 5.41) is 3.60. The minimum absolute atomic E-state index is 0.363. The number of benzene rings is 1. The number of hydrogen-bond donors (Lipinski definition) is 1. The molecule has 0 aliphatic rings. The van der Waals surface area contributed by atoms with E-state index in [0.717, 1.165) is 25.3 Å². The van der Waals surface area contributed by atoms with Crippen LogP contribution in [0.15, 0.2) is 24.3 Å². The Balaban J connectivity index is 2.75. The van der Waals surface area contributed by atoms with Gasteiger partial charge in [0.05, 0.1) is 7.11 Å². The molecule has 0 saturated carbocycles. The predicted octanol–water partition coefficient (Wildman–Crippen LogP) is 4.04. The molecule has 0 spiro atoms. The molecule has 0 heterocycles.